The predicted molar refractivity (Wildman–Crippen MR) is 102 cm³/mol. The standard InChI is InChI=1S/C23H20O/c1-16-20-12-7-6-11-19(20)15-22-21(16)13-8-14-23(22)24-17(2)18-9-4-3-5-10-18/h3-15,17H,1-2H3. The van der Waals surface area contributed by atoms with E-state index in [1.165, 1.54) is 32.7 Å². The molecule has 0 radical (unpaired) electrons. The lowest BCUT2D eigenvalue weighted by Gasteiger charge is -2.18. The number of benzene rings is 4. The molecule has 0 amide bonds. The van der Waals surface area contributed by atoms with Crippen molar-refractivity contribution in [2.75, 3.05) is 0 Å². The highest BCUT2D eigenvalue weighted by Gasteiger charge is 2.11. The SMILES string of the molecule is Cc1c2ccccc2cc2c(OC(C)c3ccccc3)cccc12. The highest BCUT2D eigenvalue weighted by molar-refractivity contribution is 6.04. The Kier molecular flexibility index (Phi) is 3.70. The molecule has 1 atom stereocenters. The van der Waals surface area contributed by atoms with Crippen molar-refractivity contribution < 1.29 is 4.74 Å². The van der Waals surface area contributed by atoms with Crippen LogP contribution in [0.25, 0.3) is 21.5 Å². The largest absolute Gasteiger partial charge is 0.485 e. The van der Waals surface area contributed by atoms with E-state index in [4.69, 9.17) is 4.74 Å². The maximum absolute atomic E-state index is 6.32. The van der Waals surface area contributed by atoms with E-state index < -0.39 is 0 Å². The molecule has 4 aromatic rings. The zero-order chi connectivity index (χ0) is 16.5. The fourth-order valence-corrected chi connectivity index (χ4v) is 3.37. The van der Waals surface area contributed by atoms with Crippen LogP contribution >= 0.6 is 0 Å². The molecule has 0 bridgehead atoms. The molecule has 0 saturated carbocycles. The molecule has 0 aliphatic heterocycles. The summed E-state index contributed by atoms with van der Waals surface area (Å²) in [5.74, 6) is 0.942. The van der Waals surface area contributed by atoms with Gasteiger partial charge in [0.1, 0.15) is 11.9 Å². The van der Waals surface area contributed by atoms with E-state index in [0.717, 1.165) is 5.75 Å². The van der Waals surface area contributed by atoms with Gasteiger partial charge in [0.05, 0.1) is 0 Å². The molecule has 0 saturated heterocycles. The van der Waals surface area contributed by atoms with Crippen LogP contribution in [0.15, 0.2) is 78.9 Å². The Morgan fingerprint density at radius 3 is 2.25 bits per heavy atom. The molecule has 0 aliphatic rings. The van der Waals surface area contributed by atoms with E-state index in [1.807, 2.05) is 6.07 Å². The molecule has 1 heteroatoms. The van der Waals surface area contributed by atoms with Gasteiger partial charge in [-0.15, -0.1) is 0 Å². The maximum Gasteiger partial charge on any atom is 0.128 e. The Bertz CT molecular complexity index is 1000. The van der Waals surface area contributed by atoms with Gasteiger partial charge in [0.2, 0.25) is 0 Å². The van der Waals surface area contributed by atoms with Crippen molar-refractivity contribution in [3.8, 4) is 5.75 Å². The number of fused-ring (bicyclic) bond motifs is 2. The van der Waals surface area contributed by atoms with E-state index in [0.29, 0.717) is 0 Å². The molecular weight excluding hydrogens is 292 g/mol. The van der Waals surface area contributed by atoms with Crippen molar-refractivity contribution in [3.63, 3.8) is 0 Å². The molecule has 0 aliphatic carbocycles. The summed E-state index contributed by atoms with van der Waals surface area (Å²) in [5.41, 5.74) is 2.49. The van der Waals surface area contributed by atoms with Crippen LogP contribution < -0.4 is 4.74 Å². The molecule has 118 valence electrons. The van der Waals surface area contributed by atoms with Crippen LogP contribution in [-0.2, 0) is 0 Å². The molecule has 0 heterocycles. The zero-order valence-electron chi connectivity index (χ0n) is 14.0. The van der Waals surface area contributed by atoms with Crippen LogP contribution in [0.2, 0.25) is 0 Å². The van der Waals surface area contributed by atoms with Gasteiger partial charge < -0.3 is 4.74 Å². The second-order valence-corrected chi connectivity index (χ2v) is 6.24. The summed E-state index contributed by atoms with van der Waals surface area (Å²) < 4.78 is 6.32. The lowest BCUT2D eigenvalue weighted by atomic mass is 9.97. The Labute approximate surface area is 142 Å². The van der Waals surface area contributed by atoms with Crippen molar-refractivity contribution in [1.29, 1.82) is 0 Å². The van der Waals surface area contributed by atoms with Crippen LogP contribution in [0.5, 0.6) is 5.75 Å². The Morgan fingerprint density at radius 1 is 0.708 bits per heavy atom. The van der Waals surface area contributed by atoms with Gasteiger partial charge in [-0.3, -0.25) is 0 Å². The molecule has 0 aromatic heterocycles. The summed E-state index contributed by atoms with van der Waals surface area (Å²) in [6, 6.07) is 27.4. The highest BCUT2D eigenvalue weighted by Crippen LogP contribution is 2.35. The smallest absolute Gasteiger partial charge is 0.128 e. The number of hydrogen-bond acceptors (Lipinski definition) is 1. The van der Waals surface area contributed by atoms with E-state index in [-0.39, 0.29) is 6.10 Å². The highest BCUT2D eigenvalue weighted by atomic mass is 16.5. The van der Waals surface area contributed by atoms with E-state index >= 15 is 0 Å². The van der Waals surface area contributed by atoms with Crippen LogP contribution in [0.1, 0.15) is 24.2 Å². The summed E-state index contributed by atoms with van der Waals surface area (Å²) in [7, 11) is 0. The van der Waals surface area contributed by atoms with Crippen molar-refractivity contribution >= 4 is 21.5 Å². The first-order valence-corrected chi connectivity index (χ1v) is 8.37. The summed E-state index contributed by atoms with van der Waals surface area (Å²) in [5, 5.41) is 4.99. The quantitative estimate of drug-likeness (QED) is 0.395. The van der Waals surface area contributed by atoms with Crippen molar-refractivity contribution in [3.05, 3.63) is 90.0 Å². The summed E-state index contributed by atoms with van der Waals surface area (Å²) in [6.45, 7) is 4.29. The van der Waals surface area contributed by atoms with E-state index in [1.54, 1.807) is 0 Å². The van der Waals surface area contributed by atoms with Gasteiger partial charge in [-0.05, 0) is 53.3 Å². The topological polar surface area (TPSA) is 9.23 Å². The van der Waals surface area contributed by atoms with Crippen LogP contribution in [0, 0.1) is 6.92 Å². The summed E-state index contributed by atoms with van der Waals surface area (Å²) in [6.07, 6.45) is 0.0172. The molecule has 1 unspecified atom stereocenters. The fraction of sp³-hybridized carbons (Fsp3) is 0.130. The van der Waals surface area contributed by atoms with Crippen LogP contribution in [0.3, 0.4) is 0 Å². The second-order valence-electron chi connectivity index (χ2n) is 6.24. The number of hydrogen-bond donors (Lipinski definition) is 0. The minimum absolute atomic E-state index is 0.0172. The van der Waals surface area contributed by atoms with Crippen LogP contribution in [-0.4, -0.2) is 0 Å². The van der Waals surface area contributed by atoms with Crippen LogP contribution in [0.4, 0.5) is 0 Å². The van der Waals surface area contributed by atoms with Crippen molar-refractivity contribution in [2.24, 2.45) is 0 Å². The first-order valence-electron chi connectivity index (χ1n) is 8.37. The van der Waals surface area contributed by atoms with Crippen molar-refractivity contribution in [2.45, 2.75) is 20.0 Å². The first kappa shape index (κ1) is 14.8. The normalized spacial score (nSPS) is 12.4. The van der Waals surface area contributed by atoms with E-state index in [9.17, 15) is 0 Å². The summed E-state index contributed by atoms with van der Waals surface area (Å²) >= 11 is 0. The fourth-order valence-electron chi connectivity index (χ4n) is 3.37. The van der Waals surface area contributed by atoms with Gasteiger partial charge in [0, 0.05) is 5.39 Å². The van der Waals surface area contributed by atoms with Gasteiger partial charge in [-0.1, -0.05) is 66.7 Å². The maximum atomic E-state index is 6.32. The molecule has 1 nitrogen and oxygen atoms in total. The molecule has 0 fully saturated rings. The van der Waals surface area contributed by atoms with E-state index in [2.05, 4.69) is 86.6 Å². The minimum Gasteiger partial charge on any atom is -0.485 e. The Balaban J connectivity index is 1.84. The van der Waals surface area contributed by atoms with Gasteiger partial charge in [-0.25, -0.2) is 0 Å². The monoisotopic (exact) mass is 312 g/mol. The number of rotatable bonds is 3. The number of aryl methyl sites for hydroxylation is 1. The summed E-state index contributed by atoms with van der Waals surface area (Å²) in [4.78, 5) is 0. The Morgan fingerprint density at radius 2 is 1.42 bits per heavy atom. The average Bonchev–Trinajstić information content (AvgIpc) is 2.63. The second kappa shape index (κ2) is 6.01. The lowest BCUT2D eigenvalue weighted by Crippen LogP contribution is -2.03. The van der Waals surface area contributed by atoms with Gasteiger partial charge in [0.15, 0.2) is 0 Å². The third-order valence-electron chi connectivity index (χ3n) is 4.71. The van der Waals surface area contributed by atoms with Crippen molar-refractivity contribution in [1.82, 2.24) is 0 Å². The molecular formula is C23H20O. The first-order chi connectivity index (χ1) is 11.7. The minimum atomic E-state index is 0.0172. The zero-order valence-corrected chi connectivity index (χ0v) is 14.0. The third-order valence-corrected chi connectivity index (χ3v) is 4.71. The predicted octanol–water partition coefficient (Wildman–Crippen LogP) is 6.44. The van der Waals surface area contributed by atoms with Gasteiger partial charge in [-0.2, -0.15) is 0 Å². The van der Waals surface area contributed by atoms with Gasteiger partial charge >= 0.3 is 0 Å². The van der Waals surface area contributed by atoms with Gasteiger partial charge in [0.25, 0.3) is 0 Å². The Hall–Kier alpha value is -2.80. The third kappa shape index (κ3) is 2.52. The molecule has 24 heavy (non-hydrogen) atoms. The molecule has 4 aromatic carbocycles. The lowest BCUT2D eigenvalue weighted by molar-refractivity contribution is 0.230. The average molecular weight is 312 g/mol. The number of ether oxygens (including phenoxy) is 1. The molecule has 4 rings (SSSR count). The molecule has 0 N–H and O–H groups in total. The molecule has 0 spiro atoms.